The zero-order valence-corrected chi connectivity index (χ0v) is 15.4. The molecule has 0 spiro atoms. The Morgan fingerprint density at radius 2 is 1.89 bits per heavy atom. The fourth-order valence-corrected chi connectivity index (χ4v) is 3.89. The van der Waals surface area contributed by atoms with Crippen molar-refractivity contribution >= 4 is 35.0 Å². The molecule has 6 nitrogen and oxygen atoms in total. The Kier molecular flexibility index (Phi) is 4.93. The molecule has 2 aromatic carbocycles. The zero-order chi connectivity index (χ0) is 18.6. The molecule has 1 aromatic heterocycles. The highest BCUT2D eigenvalue weighted by Crippen LogP contribution is 2.34. The number of para-hydroxylation sites is 1. The lowest BCUT2D eigenvalue weighted by atomic mass is 10.2. The third-order valence-electron chi connectivity index (χ3n) is 4.21. The summed E-state index contributed by atoms with van der Waals surface area (Å²) in [5.74, 6) is 0.0391. The van der Waals surface area contributed by atoms with E-state index >= 15 is 0 Å². The number of rotatable bonds is 5. The SMILES string of the molecule is O=C(CN1C(=O)CSc2ccccc21)Nc1cnn(Cc2ccccc2)c1. The van der Waals surface area contributed by atoms with E-state index in [2.05, 4.69) is 10.4 Å². The normalized spacial score (nSPS) is 13.3. The summed E-state index contributed by atoms with van der Waals surface area (Å²) in [4.78, 5) is 27.3. The van der Waals surface area contributed by atoms with Crippen molar-refractivity contribution in [2.75, 3.05) is 22.5 Å². The van der Waals surface area contributed by atoms with Crippen LogP contribution in [0.2, 0.25) is 0 Å². The first kappa shape index (κ1) is 17.4. The van der Waals surface area contributed by atoms with Gasteiger partial charge in [0.05, 0.1) is 29.9 Å². The summed E-state index contributed by atoms with van der Waals surface area (Å²) < 4.78 is 1.77. The van der Waals surface area contributed by atoms with Crippen molar-refractivity contribution in [1.29, 1.82) is 0 Å². The molecule has 1 aliphatic heterocycles. The highest BCUT2D eigenvalue weighted by atomic mass is 32.2. The molecule has 7 heteroatoms. The number of hydrogen-bond donors (Lipinski definition) is 1. The van der Waals surface area contributed by atoms with E-state index in [9.17, 15) is 9.59 Å². The molecule has 4 rings (SSSR count). The van der Waals surface area contributed by atoms with Crippen LogP contribution in [0.25, 0.3) is 0 Å². The van der Waals surface area contributed by atoms with Crippen molar-refractivity contribution in [3.8, 4) is 0 Å². The number of aromatic nitrogens is 2. The molecule has 0 bridgehead atoms. The number of thioether (sulfide) groups is 1. The van der Waals surface area contributed by atoms with Crippen LogP contribution in [-0.2, 0) is 16.1 Å². The fraction of sp³-hybridized carbons (Fsp3) is 0.150. The number of nitrogens with zero attached hydrogens (tertiary/aromatic N) is 3. The van der Waals surface area contributed by atoms with E-state index in [0.717, 1.165) is 16.1 Å². The van der Waals surface area contributed by atoms with Crippen LogP contribution in [0, 0.1) is 0 Å². The quantitative estimate of drug-likeness (QED) is 0.741. The minimum atomic E-state index is -0.246. The average molecular weight is 378 g/mol. The Morgan fingerprint density at radius 1 is 1.11 bits per heavy atom. The van der Waals surface area contributed by atoms with Crippen molar-refractivity contribution < 1.29 is 9.59 Å². The number of benzene rings is 2. The number of anilines is 2. The second-order valence-electron chi connectivity index (χ2n) is 6.20. The Morgan fingerprint density at radius 3 is 2.74 bits per heavy atom. The van der Waals surface area contributed by atoms with Gasteiger partial charge in [-0.15, -0.1) is 11.8 Å². The van der Waals surface area contributed by atoms with Crippen molar-refractivity contribution in [1.82, 2.24) is 9.78 Å². The summed E-state index contributed by atoms with van der Waals surface area (Å²) in [5, 5.41) is 7.10. The second-order valence-corrected chi connectivity index (χ2v) is 7.21. The van der Waals surface area contributed by atoms with E-state index in [4.69, 9.17) is 0 Å². The molecule has 1 aliphatic rings. The number of amides is 2. The van der Waals surface area contributed by atoms with Gasteiger partial charge in [0.15, 0.2) is 0 Å². The summed E-state index contributed by atoms with van der Waals surface area (Å²) in [6.45, 7) is 0.617. The zero-order valence-electron chi connectivity index (χ0n) is 14.5. The van der Waals surface area contributed by atoms with Gasteiger partial charge >= 0.3 is 0 Å². The Labute approximate surface area is 161 Å². The summed E-state index contributed by atoms with van der Waals surface area (Å²) in [6.07, 6.45) is 3.40. The lowest BCUT2D eigenvalue weighted by Gasteiger charge is -2.28. The van der Waals surface area contributed by atoms with Crippen LogP contribution >= 0.6 is 11.8 Å². The highest BCUT2D eigenvalue weighted by molar-refractivity contribution is 8.00. The standard InChI is InChI=1S/C20H18N4O2S/c25-19(13-24-17-8-4-5-9-18(17)27-14-20(24)26)22-16-10-21-23(12-16)11-15-6-2-1-3-7-15/h1-10,12H,11,13-14H2,(H,22,25). The van der Waals surface area contributed by atoms with E-state index < -0.39 is 0 Å². The molecule has 0 radical (unpaired) electrons. The van der Waals surface area contributed by atoms with Gasteiger partial charge in [0, 0.05) is 11.1 Å². The predicted molar refractivity (Wildman–Crippen MR) is 106 cm³/mol. The van der Waals surface area contributed by atoms with Gasteiger partial charge in [0.2, 0.25) is 11.8 Å². The molecule has 0 saturated carbocycles. The summed E-state index contributed by atoms with van der Waals surface area (Å²) in [5.41, 5.74) is 2.53. The lowest BCUT2D eigenvalue weighted by molar-refractivity contribution is -0.120. The monoisotopic (exact) mass is 378 g/mol. The van der Waals surface area contributed by atoms with E-state index in [0.29, 0.717) is 18.0 Å². The molecule has 0 fully saturated rings. The van der Waals surface area contributed by atoms with Gasteiger partial charge in [-0.3, -0.25) is 14.3 Å². The molecule has 136 valence electrons. The summed E-state index contributed by atoms with van der Waals surface area (Å²) >= 11 is 1.50. The van der Waals surface area contributed by atoms with Crippen LogP contribution in [0.5, 0.6) is 0 Å². The first-order valence-electron chi connectivity index (χ1n) is 8.57. The molecule has 2 heterocycles. The first-order chi connectivity index (χ1) is 13.2. The molecule has 0 aliphatic carbocycles. The maximum Gasteiger partial charge on any atom is 0.244 e. The van der Waals surface area contributed by atoms with Gasteiger partial charge in [0.1, 0.15) is 6.54 Å². The van der Waals surface area contributed by atoms with Crippen LogP contribution in [0.4, 0.5) is 11.4 Å². The van der Waals surface area contributed by atoms with Gasteiger partial charge in [-0.25, -0.2) is 0 Å². The first-order valence-corrected chi connectivity index (χ1v) is 9.56. The molecule has 3 aromatic rings. The number of fused-ring (bicyclic) bond motifs is 1. The van der Waals surface area contributed by atoms with Gasteiger partial charge in [0.25, 0.3) is 0 Å². The van der Waals surface area contributed by atoms with Gasteiger partial charge < -0.3 is 10.2 Å². The van der Waals surface area contributed by atoms with Crippen molar-refractivity contribution in [3.63, 3.8) is 0 Å². The van der Waals surface area contributed by atoms with Crippen LogP contribution in [0.1, 0.15) is 5.56 Å². The summed E-state index contributed by atoms with van der Waals surface area (Å²) in [7, 11) is 0. The Bertz CT molecular complexity index is 971. The second kappa shape index (κ2) is 7.67. The van der Waals surface area contributed by atoms with Crippen molar-refractivity contribution in [3.05, 3.63) is 72.6 Å². The van der Waals surface area contributed by atoms with Crippen LogP contribution in [0.3, 0.4) is 0 Å². The lowest BCUT2D eigenvalue weighted by Crippen LogP contribution is -2.41. The maximum absolute atomic E-state index is 12.5. The number of carbonyl (C=O) groups is 2. The van der Waals surface area contributed by atoms with Crippen molar-refractivity contribution in [2.24, 2.45) is 0 Å². The van der Waals surface area contributed by atoms with Crippen LogP contribution in [0.15, 0.2) is 71.9 Å². The predicted octanol–water partition coefficient (Wildman–Crippen LogP) is 3.01. The van der Waals surface area contributed by atoms with Gasteiger partial charge in [-0.1, -0.05) is 42.5 Å². The molecular formula is C20H18N4O2S. The third kappa shape index (κ3) is 4.03. The summed E-state index contributed by atoms with van der Waals surface area (Å²) in [6, 6.07) is 17.6. The van der Waals surface area contributed by atoms with E-state index in [-0.39, 0.29) is 18.4 Å². The molecule has 2 amide bonds. The molecule has 1 N–H and O–H groups in total. The van der Waals surface area contributed by atoms with Crippen molar-refractivity contribution in [2.45, 2.75) is 11.4 Å². The Hall–Kier alpha value is -3.06. The minimum absolute atomic E-state index is 0.0136. The van der Waals surface area contributed by atoms with E-state index in [1.807, 2.05) is 54.6 Å². The average Bonchev–Trinajstić information content (AvgIpc) is 3.11. The molecule has 27 heavy (non-hydrogen) atoms. The largest absolute Gasteiger partial charge is 0.322 e. The number of nitrogens with one attached hydrogen (secondary N) is 1. The topological polar surface area (TPSA) is 67.2 Å². The number of carbonyl (C=O) groups excluding carboxylic acids is 2. The third-order valence-corrected chi connectivity index (χ3v) is 5.26. The maximum atomic E-state index is 12.5. The molecule has 0 atom stereocenters. The fourth-order valence-electron chi connectivity index (χ4n) is 2.96. The smallest absolute Gasteiger partial charge is 0.244 e. The number of hydrogen-bond acceptors (Lipinski definition) is 4. The van der Waals surface area contributed by atoms with Crippen LogP contribution in [-0.4, -0.2) is 33.9 Å². The molecule has 0 unspecified atom stereocenters. The molecule has 0 saturated heterocycles. The van der Waals surface area contributed by atoms with Gasteiger partial charge in [-0.2, -0.15) is 5.10 Å². The molecular weight excluding hydrogens is 360 g/mol. The minimum Gasteiger partial charge on any atom is -0.322 e. The highest BCUT2D eigenvalue weighted by Gasteiger charge is 2.26. The van der Waals surface area contributed by atoms with Crippen LogP contribution < -0.4 is 10.2 Å². The van der Waals surface area contributed by atoms with Gasteiger partial charge in [-0.05, 0) is 17.7 Å². The van der Waals surface area contributed by atoms with E-state index in [1.54, 1.807) is 17.1 Å². The Balaban J connectivity index is 1.41. The van der Waals surface area contributed by atoms with E-state index in [1.165, 1.54) is 16.7 Å².